The van der Waals surface area contributed by atoms with Crippen molar-refractivity contribution in [3.8, 4) is 0 Å². The van der Waals surface area contributed by atoms with E-state index in [1.165, 1.54) is 30.3 Å². The zero-order valence-corrected chi connectivity index (χ0v) is 20.8. The smallest absolute Gasteiger partial charge is 0.228 e. The lowest BCUT2D eigenvalue weighted by atomic mass is 9.93. The highest BCUT2D eigenvalue weighted by molar-refractivity contribution is 6.30. The molecule has 0 aliphatic carbocycles. The van der Waals surface area contributed by atoms with E-state index in [0.717, 1.165) is 16.3 Å². The van der Waals surface area contributed by atoms with Crippen molar-refractivity contribution in [2.24, 2.45) is 0 Å². The van der Waals surface area contributed by atoms with Crippen LogP contribution in [-0.4, -0.2) is 48.9 Å². The summed E-state index contributed by atoms with van der Waals surface area (Å²) in [7, 11) is 3.80. The minimum Gasteiger partial charge on any atom is -0.354 e. The van der Waals surface area contributed by atoms with Gasteiger partial charge in [0.25, 0.3) is 0 Å². The molecule has 9 heteroatoms. The van der Waals surface area contributed by atoms with Gasteiger partial charge < -0.3 is 20.5 Å². The third kappa shape index (κ3) is 6.01. The number of aromatic amines is 1. The van der Waals surface area contributed by atoms with Gasteiger partial charge in [-0.1, -0.05) is 23.7 Å². The first-order valence-electron chi connectivity index (χ1n) is 11.5. The second kappa shape index (κ2) is 11.1. The summed E-state index contributed by atoms with van der Waals surface area (Å²) in [5.41, 5.74) is 2.28. The summed E-state index contributed by atoms with van der Waals surface area (Å²) in [5, 5.41) is 7.70. The molecule has 1 heterocycles. The SMILES string of the molecule is CN(C)CCNC(=O)C(CC(=O)NCc1cc(Cl)ccc1F)c1ccc2c(c1)[nH]c1cc(F)ccc12. The Morgan fingerprint density at radius 3 is 2.44 bits per heavy atom. The molecule has 4 rings (SSSR count). The Bertz CT molecular complexity index is 1420. The lowest BCUT2D eigenvalue weighted by Crippen LogP contribution is -2.37. The fourth-order valence-corrected chi connectivity index (χ4v) is 4.33. The monoisotopic (exact) mass is 512 g/mol. The fourth-order valence-electron chi connectivity index (χ4n) is 4.13. The van der Waals surface area contributed by atoms with E-state index >= 15 is 0 Å². The predicted molar refractivity (Wildman–Crippen MR) is 138 cm³/mol. The summed E-state index contributed by atoms with van der Waals surface area (Å²) in [6.45, 7) is 1.02. The quantitative estimate of drug-likeness (QED) is 0.304. The van der Waals surface area contributed by atoms with E-state index in [1.54, 1.807) is 12.1 Å². The van der Waals surface area contributed by atoms with Crippen molar-refractivity contribution in [1.82, 2.24) is 20.5 Å². The van der Waals surface area contributed by atoms with E-state index in [4.69, 9.17) is 11.6 Å². The van der Waals surface area contributed by atoms with Crippen LogP contribution in [0, 0.1) is 11.6 Å². The van der Waals surface area contributed by atoms with Crippen molar-refractivity contribution < 1.29 is 18.4 Å². The number of nitrogens with zero attached hydrogens (tertiary/aromatic N) is 1. The minimum absolute atomic E-state index is 0.0488. The largest absolute Gasteiger partial charge is 0.354 e. The molecule has 0 saturated carbocycles. The number of hydrogen-bond donors (Lipinski definition) is 3. The van der Waals surface area contributed by atoms with Gasteiger partial charge in [-0.15, -0.1) is 0 Å². The van der Waals surface area contributed by atoms with Crippen molar-refractivity contribution >= 4 is 45.2 Å². The lowest BCUT2D eigenvalue weighted by Gasteiger charge is -2.18. The fraction of sp³-hybridized carbons (Fsp3) is 0.259. The molecule has 0 spiro atoms. The molecule has 1 aromatic heterocycles. The Hall–Kier alpha value is -3.49. The van der Waals surface area contributed by atoms with Crippen molar-refractivity contribution in [2.75, 3.05) is 27.2 Å². The van der Waals surface area contributed by atoms with Crippen LogP contribution in [-0.2, 0) is 16.1 Å². The predicted octanol–water partition coefficient (Wildman–Crippen LogP) is 4.72. The number of amides is 2. The van der Waals surface area contributed by atoms with Gasteiger partial charge in [-0.3, -0.25) is 9.59 Å². The van der Waals surface area contributed by atoms with E-state index in [9.17, 15) is 18.4 Å². The van der Waals surface area contributed by atoms with Gasteiger partial charge in [0.05, 0.1) is 5.92 Å². The number of carbonyl (C=O) groups excluding carboxylic acids is 2. The number of likely N-dealkylation sites (N-methyl/N-ethyl adjacent to an activating group) is 1. The third-order valence-electron chi connectivity index (χ3n) is 6.04. The second-order valence-corrected chi connectivity index (χ2v) is 9.42. The van der Waals surface area contributed by atoms with Gasteiger partial charge in [0.2, 0.25) is 11.8 Å². The van der Waals surface area contributed by atoms with Gasteiger partial charge in [0, 0.05) is 58.4 Å². The topological polar surface area (TPSA) is 77.2 Å². The molecular weight excluding hydrogens is 486 g/mol. The summed E-state index contributed by atoms with van der Waals surface area (Å²) < 4.78 is 27.7. The van der Waals surface area contributed by atoms with Crippen LogP contribution >= 0.6 is 11.6 Å². The standard InChI is InChI=1S/C27H27ClF2N4O2/c1-34(2)10-9-31-27(36)22(14-26(35)32-15-17-11-18(28)4-8-23(17)30)16-3-6-20-21-7-5-19(29)13-25(21)33-24(20)12-16/h3-8,11-13,22,33H,9-10,14-15H2,1-2H3,(H,31,36)(H,32,35). The van der Waals surface area contributed by atoms with E-state index in [-0.39, 0.29) is 30.3 Å². The maximum atomic E-state index is 14.0. The lowest BCUT2D eigenvalue weighted by molar-refractivity contribution is -0.128. The molecule has 0 fully saturated rings. The number of halogens is 3. The Morgan fingerprint density at radius 2 is 1.69 bits per heavy atom. The van der Waals surface area contributed by atoms with Crippen LogP contribution in [0.3, 0.4) is 0 Å². The van der Waals surface area contributed by atoms with Crippen molar-refractivity contribution in [3.05, 3.63) is 82.4 Å². The third-order valence-corrected chi connectivity index (χ3v) is 6.27. The number of fused-ring (bicyclic) bond motifs is 3. The first kappa shape index (κ1) is 25.6. The number of nitrogens with one attached hydrogen (secondary N) is 3. The Kier molecular flexibility index (Phi) is 7.86. The first-order chi connectivity index (χ1) is 17.2. The van der Waals surface area contributed by atoms with Crippen molar-refractivity contribution in [2.45, 2.75) is 18.9 Å². The molecule has 4 aromatic rings. The van der Waals surface area contributed by atoms with E-state index in [1.807, 2.05) is 31.1 Å². The number of H-pyrrole nitrogens is 1. The average molecular weight is 513 g/mol. The minimum atomic E-state index is -0.774. The van der Waals surface area contributed by atoms with Crippen LogP contribution in [0.5, 0.6) is 0 Å². The second-order valence-electron chi connectivity index (χ2n) is 8.98. The van der Waals surface area contributed by atoms with Gasteiger partial charge in [-0.05, 0) is 62.1 Å². The van der Waals surface area contributed by atoms with E-state index < -0.39 is 17.6 Å². The summed E-state index contributed by atoms with van der Waals surface area (Å²) in [6.07, 6.45) is -0.129. The molecule has 0 bridgehead atoms. The molecular formula is C27H27ClF2N4O2. The highest BCUT2D eigenvalue weighted by Gasteiger charge is 2.25. The molecule has 3 aromatic carbocycles. The highest BCUT2D eigenvalue weighted by atomic mass is 35.5. The maximum absolute atomic E-state index is 14.0. The molecule has 188 valence electrons. The number of rotatable bonds is 9. The summed E-state index contributed by atoms with van der Waals surface area (Å²) in [5.74, 6) is -2.29. The zero-order chi connectivity index (χ0) is 25.8. The number of hydrogen-bond acceptors (Lipinski definition) is 3. The normalized spacial score (nSPS) is 12.3. The van der Waals surface area contributed by atoms with Gasteiger partial charge in [0.1, 0.15) is 11.6 Å². The van der Waals surface area contributed by atoms with Crippen molar-refractivity contribution in [3.63, 3.8) is 0 Å². The molecule has 0 aliphatic rings. The molecule has 2 amide bonds. The molecule has 1 atom stereocenters. The molecule has 3 N–H and O–H groups in total. The Balaban J connectivity index is 1.57. The van der Waals surface area contributed by atoms with Gasteiger partial charge in [0.15, 0.2) is 0 Å². The average Bonchev–Trinajstić information content (AvgIpc) is 3.19. The van der Waals surface area contributed by atoms with Crippen LogP contribution in [0.25, 0.3) is 21.8 Å². The molecule has 0 aliphatic heterocycles. The number of aromatic nitrogens is 1. The summed E-state index contributed by atoms with van der Waals surface area (Å²) >= 11 is 5.93. The van der Waals surface area contributed by atoms with E-state index in [2.05, 4.69) is 15.6 Å². The molecule has 1 unspecified atom stereocenters. The van der Waals surface area contributed by atoms with Crippen LogP contribution in [0.2, 0.25) is 5.02 Å². The van der Waals surface area contributed by atoms with Crippen LogP contribution in [0.15, 0.2) is 54.6 Å². The van der Waals surface area contributed by atoms with Crippen LogP contribution < -0.4 is 10.6 Å². The van der Waals surface area contributed by atoms with Gasteiger partial charge in [-0.2, -0.15) is 0 Å². The van der Waals surface area contributed by atoms with Gasteiger partial charge >= 0.3 is 0 Å². The van der Waals surface area contributed by atoms with E-state index in [0.29, 0.717) is 29.2 Å². The first-order valence-corrected chi connectivity index (χ1v) is 11.9. The molecule has 36 heavy (non-hydrogen) atoms. The Labute approximate surface area is 212 Å². The molecule has 0 saturated heterocycles. The van der Waals surface area contributed by atoms with Gasteiger partial charge in [-0.25, -0.2) is 8.78 Å². The zero-order valence-electron chi connectivity index (χ0n) is 20.0. The van der Waals surface area contributed by atoms with Crippen LogP contribution in [0.4, 0.5) is 8.78 Å². The molecule has 6 nitrogen and oxygen atoms in total. The summed E-state index contributed by atoms with van der Waals surface area (Å²) in [6, 6.07) is 14.1. The Morgan fingerprint density at radius 1 is 0.972 bits per heavy atom. The number of carbonyl (C=O) groups is 2. The maximum Gasteiger partial charge on any atom is 0.228 e. The molecule has 0 radical (unpaired) electrons. The van der Waals surface area contributed by atoms with Crippen molar-refractivity contribution in [1.29, 1.82) is 0 Å². The summed E-state index contributed by atoms with van der Waals surface area (Å²) in [4.78, 5) is 31.1. The number of benzene rings is 3. The highest BCUT2D eigenvalue weighted by Crippen LogP contribution is 2.30. The van der Waals surface area contributed by atoms with Crippen LogP contribution in [0.1, 0.15) is 23.5 Å².